The first-order valence-corrected chi connectivity index (χ1v) is 7.72. The van der Waals surface area contributed by atoms with Crippen molar-refractivity contribution in [2.75, 3.05) is 25.6 Å². The first-order valence-electron chi connectivity index (χ1n) is 7.72. The number of hydrogen-bond acceptors (Lipinski definition) is 3. The maximum atomic E-state index is 6.08. The van der Waals surface area contributed by atoms with Crippen molar-refractivity contribution in [3.63, 3.8) is 0 Å². The van der Waals surface area contributed by atoms with E-state index in [1.54, 1.807) is 7.11 Å². The number of nitrogens with two attached hydrogens (primary N) is 1. The van der Waals surface area contributed by atoms with Crippen LogP contribution >= 0.6 is 0 Å². The molecule has 1 aromatic rings. The fraction of sp³-hybridized carbons (Fsp3) is 0.647. The minimum Gasteiger partial charge on any atom is -0.497 e. The lowest BCUT2D eigenvalue weighted by molar-refractivity contribution is 0.245. The molecule has 3 unspecified atom stereocenters. The van der Waals surface area contributed by atoms with E-state index < -0.39 is 0 Å². The van der Waals surface area contributed by atoms with Crippen LogP contribution in [0.5, 0.6) is 5.75 Å². The van der Waals surface area contributed by atoms with Gasteiger partial charge in [-0.05, 0) is 48.9 Å². The summed E-state index contributed by atoms with van der Waals surface area (Å²) in [4.78, 5) is 2.35. The third-order valence-electron chi connectivity index (χ3n) is 4.74. The van der Waals surface area contributed by atoms with Gasteiger partial charge in [0.2, 0.25) is 0 Å². The maximum absolute atomic E-state index is 6.08. The van der Waals surface area contributed by atoms with E-state index in [1.165, 1.54) is 31.4 Å². The Morgan fingerprint density at radius 3 is 2.55 bits per heavy atom. The molecule has 2 N–H and O–H groups in total. The molecule has 3 nitrogen and oxygen atoms in total. The van der Waals surface area contributed by atoms with Gasteiger partial charge in [-0.3, -0.25) is 0 Å². The summed E-state index contributed by atoms with van der Waals surface area (Å²) in [6, 6.07) is 8.71. The van der Waals surface area contributed by atoms with E-state index in [0.29, 0.717) is 6.04 Å². The third kappa shape index (κ3) is 3.45. The lowest BCUT2D eigenvalue weighted by Crippen LogP contribution is -2.45. The van der Waals surface area contributed by atoms with Crippen molar-refractivity contribution in [2.45, 2.75) is 38.6 Å². The summed E-state index contributed by atoms with van der Waals surface area (Å²) < 4.78 is 5.22. The Morgan fingerprint density at radius 2 is 2.00 bits per heavy atom. The van der Waals surface area contributed by atoms with E-state index >= 15 is 0 Å². The van der Waals surface area contributed by atoms with Crippen LogP contribution in [0.2, 0.25) is 0 Å². The average Bonchev–Trinajstić information content (AvgIpc) is 2.48. The molecule has 2 rings (SSSR count). The molecule has 3 atom stereocenters. The van der Waals surface area contributed by atoms with Gasteiger partial charge in [0.15, 0.2) is 0 Å². The van der Waals surface area contributed by atoms with Crippen LogP contribution < -0.4 is 15.4 Å². The van der Waals surface area contributed by atoms with Gasteiger partial charge in [-0.15, -0.1) is 0 Å². The van der Waals surface area contributed by atoms with Gasteiger partial charge in [-0.1, -0.05) is 19.8 Å². The standard InChI is InChI=1S/C17H28N2O/c1-13-5-4-6-14(11-13)17(12-18)19(2)15-7-9-16(20-3)10-8-15/h7-10,13-14,17H,4-6,11-12,18H2,1-3H3. The van der Waals surface area contributed by atoms with Crippen LogP contribution in [0.25, 0.3) is 0 Å². The number of rotatable bonds is 5. The quantitative estimate of drug-likeness (QED) is 0.897. The summed E-state index contributed by atoms with van der Waals surface area (Å²) in [6.07, 6.45) is 5.34. The first-order chi connectivity index (χ1) is 9.65. The summed E-state index contributed by atoms with van der Waals surface area (Å²) in [5.74, 6) is 2.46. The van der Waals surface area contributed by atoms with E-state index in [9.17, 15) is 0 Å². The predicted molar refractivity (Wildman–Crippen MR) is 85.4 cm³/mol. The molecule has 20 heavy (non-hydrogen) atoms. The highest BCUT2D eigenvalue weighted by Crippen LogP contribution is 2.33. The van der Waals surface area contributed by atoms with Crippen molar-refractivity contribution in [1.29, 1.82) is 0 Å². The normalized spacial score (nSPS) is 24.2. The third-order valence-corrected chi connectivity index (χ3v) is 4.74. The van der Waals surface area contributed by atoms with Crippen LogP contribution in [0.1, 0.15) is 32.6 Å². The minimum atomic E-state index is 0.436. The Balaban J connectivity index is 2.08. The van der Waals surface area contributed by atoms with Gasteiger partial charge in [-0.25, -0.2) is 0 Å². The highest BCUT2D eigenvalue weighted by atomic mass is 16.5. The molecule has 0 aliphatic heterocycles. The zero-order valence-electron chi connectivity index (χ0n) is 13.0. The minimum absolute atomic E-state index is 0.436. The van der Waals surface area contributed by atoms with Crippen LogP contribution in [0.4, 0.5) is 5.69 Å². The molecule has 1 fully saturated rings. The summed E-state index contributed by atoms with van der Waals surface area (Å²) in [5.41, 5.74) is 7.30. The molecule has 0 radical (unpaired) electrons. The second-order valence-corrected chi connectivity index (χ2v) is 6.14. The van der Waals surface area contributed by atoms with Gasteiger partial charge in [0, 0.05) is 25.3 Å². The van der Waals surface area contributed by atoms with Crippen molar-refractivity contribution in [3.8, 4) is 5.75 Å². The van der Waals surface area contributed by atoms with Crippen LogP contribution in [0.15, 0.2) is 24.3 Å². The zero-order valence-corrected chi connectivity index (χ0v) is 13.0. The molecule has 3 heteroatoms. The molecule has 0 bridgehead atoms. The van der Waals surface area contributed by atoms with Crippen molar-refractivity contribution >= 4 is 5.69 Å². The van der Waals surface area contributed by atoms with E-state index in [-0.39, 0.29) is 0 Å². The summed E-state index contributed by atoms with van der Waals surface area (Å²) in [6.45, 7) is 3.09. The SMILES string of the molecule is COc1ccc(N(C)C(CN)C2CCCC(C)C2)cc1. The Hall–Kier alpha value is -1.22. The van der Waals surface area contributed by atoms with Gasteiger partial charge in [0.05, 0.1) is 7.11 Å². The van der Waals surface area contributed by atoms with Crippen molar-refractivity contribution in [3.05, 3.63) is 24.3 Å². The number of hydrogen-bond donors (Lipinski definition) is 1. The summed E-state index contributed by atoms with van der Waals surface area (Å²) in [5, 5.41) is 0. The molecule has 0 aromatic heterocycles. The number of likely N-dealkylation sites (N-methyl/N-ethyl adjacent to an activating group) is 1. The van der Waals surface area contributed by atoms with Crippen LogP contribution in [-0.4, -0.2) is 26.7 Å². The highest BCUT2D eigenvalue weighted by Gasteiger charge is 2.28. The second kappa shape index (κ2) is 6.98. The fourth-order valence-corrected chi connectivity index (χ4v) is 3.51. The summed E-state index contributed by atoms with van der Waals surface area (Å²) in [7, 11) is 3.86. The first kappa shape index (κ1) is 15.2. The van der Waals surface area contributed by atoms with Crippen molar-refractivity contribution < 1.29 is 4.74 Å². The van der Waals surface area contributed by atoms with E-state index in [0.717, 1.165) is 24.1 Å². The van der Waals surface area contributed by atoms with E-state index in [1.807, 2.05) is 12.1 Å². The molecule has 0 spiro atoms. The monoisotopic (exact) mass is 276 g/mol. The number of nitrogens with zero attached hydrogens (tertiary/aromatic N) is 1. The molecule has 112 valence electrons. The number of ether oxygens (including phenoxy) is 1. The van der Waals surface area contributed by atoms with Gasteiger partial charge in [0.25, 0.3) is 0 Å². The predicted octanol–water partition coefficient (Wildman–Crippen LogP) is 3.29. The van der Waals surface area contributed by atoms with Gasteiger partial charge < -0.3 is 15.4 Å². The van der Waals surface area contributed by atoms with Crippen LogP contribution in [0, 0.1) is 11.8 Å². The summed E-state index contributed by atoms with van der Waals surface area (Å²) >= 11 is 0. The number of methoxy groups -OCH3 is 1. The second-order valence-electron chi connectivity index (χ2n) is 6.14. The Bertz CT molecular complexity index is 404. The lowest BCUT2D eigenvalue weighted by atomic mass is 9.78. The van der Waals surface area contributed by atoms with E-state index in [4.69, 9.17) is 10.5 Å². The molecule has 1 saturated carbocycles. The van der Waals surface area contributed by atoms with Crippen LogP contribution in [0.3, 0.4) is 0 Å². The van der Waals surface area contributed by atoms with Gasteiger partial charge in [0.1, 0.15) is 5.75 Å². The maximum Gasteiger partial charge on any atom is 0.119 e. The Kier molecular flexibility index (Phi) is 5.30. The zero-order chi connectivity index (χ0) is 14.5. The fourth-order valence-electron chi connectivity index (χ4n) is 3.51. The molecule has 1 aromatic carbocycles. The molecule has 1 aliphatic rings. The molecule has 1 aliphatic carbocycles. The molecule has 0 heterocycles. The largest absolute Gasteiger partial charge is 0.497 e. The Labute approximate surface area is 123 Å². The van der Waals surface area contributed by atoms with Gasteiger partial charge in [-0.2, -0.15) is 0 Å². The van der Waals surface area contributed by atoms with Gasteiger partial charge >= 0.3 is 0 Å². The van der Waals surface area contributed by atoms with Crippen LogP contribution in [-0.2, 0) is 0 Å². The molecular formula is C17H28N2O. The smallest absolute Gasteiger partial charge is 0.119 e. The topological polar surface area (TPSA) is 38.5 Å². The highest BCUT2D eigenvalue weighted by molar-refractivity contribution is 5.49. The molecular weight excluding hydrogens is 248 g/mol. The number of anilines is 1. The molecule has 0 amide bonds. The molecule has 0 saturated heterocycles. The van der Waals surface area contributed by atoms with Crippen molar-refractivity contribution in [2.24, 2.45) is 17.6 Å². The van der Waals surface area contributed by atoms with Crippen molar-refractivity contribution in [1.82, 2.24) is 0 Å². The average molecular weight is 276 g/mol. The Morgan fingerprint density at radius 1 is 1.30 bits per heavy atom. The lowest BCUT2D eigenvalue weighted by Gasteiger charge is -2.39. The van der Waals surface area contributed by atoms with E-state index in [2.05, 4.69) is 31.0 Å². The number of benzene rings is 1.